The van der Waals surface area contributed by atoms with Gasteiger partial charge in [0.05, 0.1) is 6.61 Å². The fraction of sp³-hybridized carbons (Fsp3) is 0.286. The molecule has 0 aromatic heterocycles. The topological polar surface area (TPSA) is 55.4 Å². The number of esters is 1. The lowest BCUT2D eigenvalue weighted by atomic mass is 10.2. The summed E-state index contributed by atoms with van der Waals surface area (Å²) in [6.45, 7) is 5.84. The van der Waals surface area contributed by atoms with Crippen molar-refractivity contribution in [2.75, 3.05) is 6.61 Å². The quantitative estimate of drug-likeness (QED) is 0.476. The smallest absolute Gasteiger partial charge is 0.354 e. The number of carbonyl (C=O) groups is 2. The van der Waals surface area contributed by atoms with Crippen LogP contribution in [0.5, 0.6) is 0 Å². The van der Waals surface area contributed by atoms with E-state index in [-0.39, 0.29) is 11.6 Å². The average molecular weight is 247 g/mol. The average Bonchev–Trinajstić information content (AvgIpc) is 2.39. The predicted octanol–water partition coefficient (Wildman–Crippen LogP) is 2.27. The van der Waals surface area contributed by atoms with E-state index in [0.29, 0.717) is 12.2 Å². The summed E-state index contributed by atoms with van der Waals surface area (Å²) in [5.41, 5.74) is 0.431. The van der Waals surface area contributed by atoms with E-state index in [2.05, 4.69) is 11.9 Å². The van der Waals surface area contributed by atoms with Crippen LogP contribution in [0.25, 0.3) is 0 Å². The monoisotopic (exact) mass is 247 g/mol. The zero-order chi connectivity index (χ0) is 13.4. The Bertz CT molecular complexity index is 426. The highest BCUT2D eigenvalue weighted by Gasteiger charge is 2.12. The van der Waals surface area contributed by atoms with Gasteiger partial charge in [-0.2, -0.15) is 0 Å². The Kier molecular flexibility index (Phi) is 5.64. The first kappa shape index (κ1) is 14.0. The van der Waals surface area contributed by atoms with E-state index in [9.17, 15) is 9.59 Å². The van der Waals surface area contributed by atoms with Crippen LogP contribution in [-0.2, 0) is 9.53 Å². The first-order chi connectivity index (χ1) is 8.65. The van der Waals surface area contributed by atoms with Gasteiger partial charge in [-0.05, 0) is 18.6 Å². The van der Waals surface area contributed by atoms with Gasteiger partial charge in [0.15, 0.2) is 0 Å². The second-order valence-corrected chi connectivity index (χ2v) is 3.79. The molecule has 4 heteroatoms. The van der Waals surface area contributed by atoms with Gasteiger partial charge in [0.25, 0.3) is 5.91 Å². The minimum Gasteiger partial charge on any atom is -0.461 e. The van der Waals surface area contributed by atoms with Crippen LogP contribution in [0.4, 0.5) is 0 Å². The Morgan fingerprint density at radius 1 is 1.28 bits per heavy atom. The van der Waals surface area contributed by atoms with Crippen LogP contribution in [0.2, 0.25) is 0 Å². The second-order valence-electron chi connectivity index (χ2n) is 3.79. The SMILES string of the molecule is C=C(NC(=O)c1ccccc1)C(=O)OCCCC. The third-order valence-electron chi connectivity index (χ3n) is 2.28. The third-order valence-corrected chi connectivity index (χ3v) is 2.28. The summed E-state index contributed by atoms with van der Waals surface area (Å²) in [6, 6.07) is 8.62. The third kappa shape index (κ3) is 4.41. The van der Waals surface area contributed by atoms with Crippen molar-refractivity contribution in [3.8, 4) is 0 Å². The fourth-order valence-electron chi connectivity index (χ4n) is 1.25. The predicted molar refractivity (Wildman–Crippen MR) is 68.9 cm³/mol. The first-order valence-electron chi connectivity index (χ1n) is 5.87. The zero-order valence-corrected chi connectivity index (χ0v) is 10.4. The van der Waals surface area contributed by atoms with E-state index in [1.165, 1.54) is 0 Å². The summed E-state index contributed by atoms with van der Waals surface area (Å²) < 4.78 is 4.93. The lowest BCUT2D eigenvalue weighted by Crippen LogP contribution is -2.27. The number of nitrogens with one attached hydrogen (secondary N) is 1. The van der Waals surface area contributed by atoms with Gasteiger partial charge in [0.2, 0.25) is 0 Å². The maximum Gasteiger partial charge on any atom is 0.354 e. The maximum atomic E-state index is 11.7. The molecule has 0 atom stereocenters. The molecule has 0 bridgehead atoms. The molecule has 0 saturated heterocycles. The van der Waals surface area contributed by atoms with Crippen LogP contribution in [0, 0.1) is 0 Å². The molecular weight excluding hydrogens is 230 g/mol. The summed E-state index contributed by atoms with van der Waals surface area (Å²) in [5, 5.41) is 2.41. The Morgan fingerprint density at radius 2 is 1.94 bits per heavy atom. The largest absolute Gasteiger partial charge is 0.461 e. The molecule has 0 heterocycles. The van der Waals surface area contributed by atoms with Gasteiger partial charge in [0.1, 0.15) is 5.70 Å². The Hall–Kier alpha value is -2.10. The van der Waals surface area contributed by atoms with Gasteiger partial charge in [-0.25, -0.2) is 4.79 Å². The second kappa shape index (κ2) is 7.27. The molecule has 1 aromatic rings. The molecular formula is C14H17NO3. The number of rotatable bonds is 6. The molecule has 1 amide bonds. The molecule has 96 valence electrons. The minimum atomic E-state index is -0.590. The van der Waals surface area contributed by atoms with E-state index in [1.807, 2.05) is 13.0 Å². The summed E-state index contributed by atoms with van der Waals surface area (Å²) in [4.78, 5) is 23.2. The van der Waals surface area contributed by atoms with E-state index >= 15 is 0 Å². The van der Waals surface area contributed by atoms with Crippen molar-refractivity contribution in [3.05, 3.63) is 48.2 Å². The molecule has 0 fully saturated rings. The molecule has 1 rings (SSSR count). The molecule has 1 N–H and O–H groups in total. The summed E-state index contributed by atoms with van der Waals surface area (Å²) >= 11 is 0. The Labute approximate surface area is 107 Å². The molecule has 0 spiro atoms. The number of hydrogen-bond acceptors (Lipinski definition) is 3. The molecule has 0 unspecified atom stereocenters. The molecule has 0 aliphatic rings. The molecule has 0 aliphatic carbocycles. The summed E-state index contributed by atoms with van der Waals surface area (Å²) in [6.07, 6.45) is 1.74. The first-order valence-corrected chi connectivity index (χ1v) is 5.87. The van der Waals surface area contributed by atoms with Crippen LogP contribution >= 0.6 is 0 Å². The fourth-order valence-corrected chi connectivity index (χ4v) is 1.25. The number of amides is 1. The van der Waals surface area contributed by atoms with E-state index in [4.69, 9.17) is 4.74 Å². The minimum absolute atomic E-state index is 0.0417. The number of unbranched alkanes of at least 4 members (excludes halogenated alkanes) is 1. The molecule has 4 nitrogen and oxygen atoms in total. The highest BCUT2D eigenvalue weighted by molar-refractivity contribution is 6.00. The van der Waals surface area contributed by atoms with E-state index in [0.717, 1.165) is 12.8 Å². The summed E-state index contributed by atoms with van der Waals surface area (Å²) in [7, 11) is 0. The zero-order valence-electron chi connectivity index (χ0n) is 10.4. The van der Waals surface area contributed by atoms with E-state index in [1.54, 1.807) is 24.3 Å². The molecule has 0 aliphatic heterocycles. The van der Waals surface area contributed by atoms with Gasteiger partial charge in [-0.3, -0.25) is 4.79 Å². The highest BCUT2D eigenvalue weighted by atomic mass is 16.5. The Balaban J connectivity index is 2.45. The Morgan fingerprint density at radius 3 is 2.56 bits per heavy atom. The van der Waals surface area contributed by atoms with Crippen LogP contribution in [-0.4, -0.2) is 18.5 Å². The standard InChI is InChI=1S/C14H17NO3/c1-3-4-10-18-14(17)11(2)15-13(16)12-8-6-5-7-9-12/h5-9H,2-4,10H2,1H3,(H,15,16). The molecule has 0 radical (unpaired) electrons. The van der Waals surface area contributed by atoms with Crippen LogP contribution < -0.4 is 5.32 Å². The maximum absolute atomic E-state index is 11.7. The van der Waals surface area contributed by atoms with Gasteiger partial charge in [-0.1, -0.05) is 38.1 Å². The van der Waals surface area contributed by atoms with Gasteiger partial charge in [-0.15, -0.1) is 0 Å². The lowest BCUT2D eigenvalue weighted by molar-refractivity contribution is -0.139. The molecule has 1 aromatic carbocycles. The van der Waals surface area contributed by atoms with Crippen molar-refractivity contribution >= 4 is 11.9 Å². The van der Waals surface area contributed by atoms with Gasteiger partial charge in [0, 0.05) is 5.56 Å². The van der Waals surface area contributed by atoms with Crippen LogP contribution in [0.3, 0.4) is 0 Å². The van der Waals surface area contributed by atoms with Crippen molar-refractivity contribution < 1.29 is 14.3 Å². The summed E-state index contributed by atoms with van der Waals surface area (Å²) in [5.74, 6) is -0.958. The number of ether oxygens (including phenoxy) is 1. The van der Waals surface area contributed by atoms with Crippen molar-refractivity contribution in [1.29, 1.82) is 0 Å². The van der Waals surface area contributed by atoms with Crippen molar-refractivity contribution in [1.82, 2.24) is 5.32 Å². The van der Waals surface area contributed by atoms with Gasteiger partial charge < -0.3 is 10.1 Å². The van der Waals surface area contributed by atoms with E-state index < -0.39 is 5.97 Å². The van der Waals surface area contributed by atoms with Crippen molar-refractivity contribution in [2.45, 2.75) is 19.8 Å². The molecule has 18 heavy (non-hydrogen) atoms. The number of carbonyl (C=O) groups excluding carboxylic acids is 2. The molecule has 0 saturated carbocycles. The van der Waals surface area contributed by atoms with Gasteiger partial charge >= 0.3 is 5.97 Å². The normalized spacial score (nSPS) is 9.61. The lowest BCUT2D eigenvalue weighted by Gasteiger charge is -2.08. The number of hydrogen-bond donors (Lipinski definition) is 1. The van der Waals surface area contributed by atoms with Crippen LogP contribution in [0.15, 0.2) is 42.6 Å². The van der Waals surface area contributed by atoms with Crippen molar-refractivity contribution in [2.24, 2.45) is 0 Å². The van der Waals surface area contributed by atoms with Crippen LogP contribution in [0.1, 0.15) is 30.1 Å². The van der Waals surface area contributed by atoms with Crippen molar-refractivity contribution in [3.63, 3.8) is 0 Å². The number of benzene rings is 1. The highest BCUT2D eigenvalue weighted by Crippen LogP contribution is 2.00.